The first-order chi connectivity index (χ1) is 8.04. The van der Waals surface area contributed by atoms with Crippen LogP contribution in [0.4, 0.5) is 5.82 Å². The maximum absolute atomic E-state index is 11.5. The molecule has 1 aromatic heterocycles. The fourth-order valence-corrected chi connectivity index (χ4v) is 1.73. The van der Waals surface area contributed by atoms with E-state index in [2.05, 4.69) is 4.98 Å². The number of nitrogen functional groups attached to an aromatic ring is 1. The van der Waals surface area contributed by atoms with Crippen LogP contribution in [-0.4, -0.2) is 49.8 Å². The summed E-state index contributed by atoms with van der Waals surface area (Å²) in [6.45, 7) is -0.453. The van der Waals surface area contributed by atoms with Crippen molar-refractivity contribution in [2.75, 3.05) is 12.3 Å². The van der Waals surface area contributed by atoms with Gasteiger partial charge in [0.05, 0.1) is 6.61 Å². The first kappa shape index (κ1) is 12.0. The quantitative estimate of drug-likeness (QED) is 0.449. The lowest BCUT2D eigenvalue weighted by molar-refractivity contribution is -0.0549. The number of aliphatic hydroxyl groups is 3. The molecule has 1 aliphatic rings. The number of nitrogens with two attached hydrogens (primary N) is 1. The van der Waals surface area contributed by atoms with E-state index < -0.39 is 36.8 Å². The number of nitrogens with zero attached hydrogens (tertiary/aromatic N) is 2. The molecule has 2 rings (SSSR count). The first-order valence-electron chi connectivity index (χ1n) is 5.01. The Morgan fingerprint density at radius 1 is 1.47 bits per heavy atom. The van der Waals surface area contributed by atoms with Crippen molar-refractivity contribution in [3.8, 4) is 0 Å². The summed E-state index contributed by atoms with van der Waals surface area (Å²) in [5.74, 6) is 0.0537. The predicted octanol–water partition coefficient (Wildman–Crippen LogP) is -2.56. The van der Waals surface area contributed by atoms with Gasteiger partial charge in [-0.1, -0.05) is 0 Å². The Bertz CT molecular complexity index is 462. The van der Waals surface area contributed by atoms with Gasteiger partial charge in [0.25, 0.3) is 0 Å². The normalized spacial score (nSPS) is 32.9. The van der Waals surface area contributed by atoms with Gasteiger partial charge in [-0.3, -0.25) is 4.57 Å². The van der Waals surface area contributed by atoms with Crippen molar-refractivity contribution in [1.82, 2.24) is 9.55 Å². The van der Waals surface area contributed by atoms with Crippen molar-refractivity contribution in [2.45, 2.75) is 24.5 Å². The van der Waals surface area contributed by atoms with E-state index in [1.807, 2.05) is 0 Å². The van der Waals surface area contributed by atoms with Crippen molar-refractivity contribution in [1.29, 1.82) is 0 Å². The number of hydrogen-bond acceptors (Lipinski definition) is 7. The standard InChI is InChI=1S/C9H13N3O5/c10-5-1-2-12(9(16)11-5)8-7(15)6(14)4(3-13)17-8/h1-2,4,6-8,13-15H,3H2,(H2,10,11,16)/t4-,6?,7+,8+/m1/s1. The third-order valence-electron chi connectivity index (χ3n) is 2.64. The lowest BCUT2D eigenvalue weighted by Gasteiger charge is -2.16. The second-order valence-electron chi connectivity index (χ2n) is 3.77. The second kappa shape index (κ2) is 4.41. The van der Waals surface area contributed by atoms with Gasteiger partial charge < -0.3 is 25.8 Å². The van der Waals surface area contributed by atoms with E-state index in [1.54, 1.807) is 0 Å². The Balaban J connectivity index is 2.32. The summed E-state index contributed by atoms with van der Waals surface area (Å²) in [7, 11) is 0. The summed E-state index contributed by atoms with van der Waals surface area (Å²) < 4.78 is 6.19. The molecule has 5 N–H and O–H groups in total. The first-order valence-corrected chi connectivity index (χ1v) is 5.01. The highest BCUT2D eigenvalue weighted by Crippen LogP contribution is 2.27. The van der Waals surface area contributed by atoms with Crippen molar-refractivity contribution >= 4 is 5.82 Å². The zero-order chi connectivity index (χ0) is 12.6. The molecule has 0 aromatic carbocycles. The summed E-state index contributed by atoms with van der Waals surface area (Å²) in [5.41, 5.74) is 4.63. The highest BCUT2D eigenvalue weighted by Gasteiger charge is 2.43. The molecule has 2 heterocycles. The highest BCUT2D eigenvalue weighted by atomic mass is 16.6. The Labute approximate surface area is 95.9 Å². The second-order valence-corrected chi connectivity index (χ2v) is 3.77. The Hall–Kier alpha value is -1.48. The molecule has 1 fully saturated rings. The third-order valence-corrected chi connectivity index (χ3v) is 2.64. The average molecular weight is 243 g/mol. The monoisotopic (exact) mass is 243 g/mol. The van der Waals surface area contributed by atoms with Crippen LogP contribution in [0.3, 0.4) is 0 Å². The molecule has 1 aromatic rings. The molecule has 0 saturated carbocycles. The van der Waals surface area contributed by atoms with E-state index in [-0.39, 0.29) is 5.82 Å². The van der Waals surface area contributed by atoms with Gasteiger partial charge in [-0.15, -0.1) is 0 Å². The zero-order valence-electron chi connectivity index (χ0n) is 8.80. The van der Waals surface area contributed by atoms with Crippen molar-refractivity contribution < 1.29 is 20.1 Å². The minimum atomic E-state index is -1.31. The molecule has 1 unspecified atom stereocenters. The van der Waals surface area contributed by atoms with Gasteiger partial charge in [-0.05, 0) is 6.07 Å². The number of ether oxygens (including phenoxy) is 1. The van der Waals surface area contributed by atoms with Crippen LogP contribution in [0, 0.1) is 0 Å². The van der Waals surface area contributed by atoms with Crippen molar-refractivity contribution in [3.05, 3.63) is 22.7 Å². The maximum atomic E-state index is 11.5. The Kier molecular flexibility index (Phi) is 3.11. The number of rotatable bonds is 2. The van der Waals surface area contributed by atoms with Gasteiger partial charge in [-0.2, -0.15) is 4.98 Å². The molecule has 8 nitrogen and oxygen atoms in total. The maximum Gasteiger partial charge on any atom is 0.351 e. The van der Waals surface area contributed by atoms with Gasteiger partial charge in [0, 0.05) is 6.20 Å². The van der Waals surface area contributed by atoms with Gasteiger partial charge in [0.15, 0.2) is 6.23 Å². The van der Waals surface area contributed by atoms with Crippen LogP contribution in [0.1, 0.15) is 6.23 Å². The zero-order valence-corrected chi connectivity index (χ0v) is 8.80. The van der Waals surface area contributed by atoms with Crippen LogP contribution >= 0.6 is 0 Å². The minimum absolute atomic E-state index is 0.0537. The summed E-state index contributed by atoms with van der Waals surface area (Å²) >= 11 is 0. The van der Waals surface area contributed by atoms with Crippen LogP contribution in [0.25, 0.3) is 0 Å². The summed E-state index contributed by atoms with van der Waals surface area (Å²) in [6, 6.07) is 1.37. The van der Waals surface area contributed by atoms with E-state index in [0.29, 0.717) is 0 Å². The number of hydrogen-bond donors (Lipinski definition) is 4. The molecule has 17 heavy (non-hydrogen) atoms. The topological polar surface area (TPSA) is 131 Å². The molecule has 1 saturated heterocycles. The summed E-state index contributed by atoms with van der Waals surface area (Å²) in [4.78, 5) is 15.0. The highest BCUT2D eigenvalue weighted by molar-refractivity contribution is 5.23. The smallest absolute Gasteiger partial charge is 0.351 e. The Morgan fingerprint density at radius 2 is 2.18 bits per heavy atom. The van der Waals surface area contributed by atoms with Gasteiger partial charge in [0.2, 0.25) is 0 Å². The van der Waals surface area contributed by atoms with Crippen LogP contribution < -0.4 is 11.4 Å². The predicted molar refractivity (Wildman–Crippen MR) is 55.9 cm³/mol. The van der Waals surface area contributed by atoms with Crippen molar-refractivity contribution in [2.24, 2.45) is 0 Å². The molecule has 0 spiro atoms. The molecule has 0 aliphatic carbocycles. The number of anilines is 1. The lowest BCUT2D eigenvalue weighted by atomic mass is 10.1. The number of aliphatic hydroxyl groups excluding tert-OH is 3. The van der Waals surface area contributed by atoms with Crippen LogP contribution in [0.5, 0.6) is 0 Å². The van der Waals surface area contributed by atoms with Crippen molar-refractivity contribution in [3.63, 3.8) is 0 Å². The minimum Gasteiger partial charge on any atom is -0.394 e. The molecule has 0 radical (unpaired) electrons. The molecule has 0 amide bonds. The molecule has 8 heteroatoms. The van der Waals surface area contributed by atoms with Gasteiger partial charge >= 0.3 is 5.69 Å². The molecular formula is C9H13N3O5. The van der Waals surface area contributed by atoms with E-state index in [9.17, 15) is 15.0 Å². The molecular weight excluding hydrogens is 230 g/mol. The number of aromatic nitrogens is 2. The van der Waals surface area contributed by atoms with Crippen LogP contribution in [0.2, 0.25) is 0 Å². The Morgan fingerprint density at radius 3 is 2.71 bits per heavy atom. The molecule has 0 bridgehead atoms. The summed E-state index contributed by atoms with van der Waals surface area (Å²) in [6.07, 6.45) is -3.27. The van der Waals surface area contributed by atoms with E-state index in [4.69, 9.17) is 15.6 Å². The van der Waals surface area contributed by atoms with Gasteiger partial charge in [-0.25, -0.2) is 4.79 Å². The van der Waals surface area contributed by atoms with Gasteiger partial charge in [0.1, 0.15) is 24.1 Å². The fourth-order valence-electron chi connectivity index (χ4n) is 1.73. The molecule has 4 atom stereocenters. The van der Waals surface area contributed by atoms with E-state index in [1.165, 1.54) is 12.3 Å². The molecule has 94 valence electrons. The summed E-state index contributed by atoms with van der Waals surface area (Å²) in [5, 5.41) is 28.2. The van der Waals surface area contributed by atoms with Crippen LogP contribution in [-0.2, 0) is 4.74 Å². The molecule has 1 aliphatic heterocycles. The largest absolute Gasteiger partial charge is 0.394 e. The van der Waals surface area contributed by atoms with E-state index >= 15 is 0 Å². The van der Waals surface area contributed by atoms with Crippen LogP contribution in [0.15, 0.2) is 17.1 Å². The fraction of sp³-hybridized carbons (Fsp3) is 0.556. The van der Waals surface area contributed by atoms with E-state index in [0.717, 1.165) is 4.57 Å². The average Bonchev–Trinajstić information content (AvgIpc) is 2.57. The SMILES string of the molecule is Nc1ccn([C@H]2O[C@H](CO)C(O)[C@@H]2O)c(=O)n1. The third kappa shape index (κ3) is 2.03. The lowest BCUT2D eigenvalue weighted by Crippen LogP contribution is -2.36.